The van der Waals surface area contributed by atoms with Gasteiger partial charge >= 0.3 is 12.1 Å². The Morgan fingerprint density at radius 2 is 1.96 bits per heavy atom. The first-order valence-corrected chi connectivity index (χ1v) is 7.83. The summed E-state index contributed by atoms with van der Waals surface area (Å²) >= 11 is 0. The average Bonchev–Trinajstić information content (AvgIpc) is 3.11. The van der Waals surface area contributed by atoms with Crippen molar-refractivity contribution in [1.82, 2.24) is 10.2 Å². The maximum Gasteiger partial charge on any atom is 0.407 e. The molecule has 3 unspecified atom stereocenters. The molecule has 2 rings (SSSR count). The van der Waals surface area contributed by atoms with Crippen LogP contribution in [0.25, 0.3) is 0 Å². The van der Waals surface area contributed by atoms with Crippen molar-refractivity contribution in [1.29, 1.82) is 0 Å². The maximum atomic E-state index is 13.0. The van der Waals surface area contributed by atoms with Crippen LogP contribution in [0.3, 0.4) is 0 Å². The van der Waals surface area contributed by atoms with Crippen molar-refractivity contribution in [2.45, 2.75) is 56.8 Å². The number of hydrogen-bond donors (Lipinski definition) is 2. The van der Waals surface area contributed by atoms with Crippen LogP contribution in [0, 0.1) is 5.92 Å². The fourth-order valence-electron chi connectivity index (χ4n) is 3.69. The normalized spacial score (nSPS) is 28.8. The molecule has 1 aliphatic heterocycles. The smallest absolute Gasteiger partial charge is 0.407 e. The zero-order valence-corrected chi connectivity index (χ0v) is 13.7. The van der Waals surface area contributed by atoms with E-state index in [1.165, 1.54) is 19.1 Å². The lowest BCUT2D eigenvalue weighted by Crippen LogP contribution is -2.58. The Kier molecular flexibility index (Phi) is 5.46. The molecule has 2 N–H and O–H groups in total. The highest BCUT2D eigenvalue weighted by atomic mass is 16.5. The number of rotatable bonds is 5. The van der Waals surface area contributed by atoms with E-state index in [-0.39, 0.29) is 12.0 Å². The molecular weight excluding hydrogens is 304 g/mol. The number of fused-ring (bicyclic) bond motifs is 1. The Morgan fingerprint density at radius 1 is 1.26 bits per heavy atom. The first kappa shape index (κ1) is 17.5. The minimum absolute atomic E-state index is 0.0744. The first-order valence-electron chi connectivity index (χ1n) is 7.83. The molecule has 2 amide bonds. The van der Waals surface area contributed by atoms with Gasteiger partial charge in [-0.25, -0.2) is 9.59 Å². The van der Waals surface area contributed by atoms with E-state index in [9.17, 15) is 19.5 Å². The zero-order valence-electron chi connectivity index (χ0n) is 13.7. The van der Waals surface area contributed by atoms with Crippen LogP contribution in [0.1, 0.15) is 32.6 Å². The first-order chi connectivity index (χ1) is 10.9. The van der Waals surface area contributed by atoms with Gasteiger partial charge in [-0.05, 0) is 32.1 Å². The van der Waals surface area contributed by atoms with E-state index in [0.29, 0.717) is 6.42 Å². The van der Waals surface area contributed by atoms with Crippen molar-refractivity contribution in [3.05, 3.63) is 0 Å². The van der Waals surface area contributed by atoms with Crippen LogP contribution in [0.2, 0.25) is 0 Å². The van der Waals surface area contributed by atoms with Crippen molar-refractivity contribution >= 4 is 18.0 Å². The second-order valence-electron chi connectivity index (χ2n) is 6.15. The molecule has 23 heavy (non-hydrogen) atoms. The molecule has 8 heteroatoms. The lowest BCUT2D eigenvalue weighted by Gasteiger charge is -2.33. The molecule has 0 aromatic rings. The number of carbonyl (C=O) groups excluding carboxylic acids is 2. The highest BCUT2D eigenvalue weighted by Crippen LogP contribution is 2.41. The number of alkyl carbamates (subject to hydrolysis) is 1. The van der Waals surface area contributed by atoms with Gasteiger partial charge in [0.2, 0.25) is 5.91 Å². The summed E-state index contributed by atoms with van der Waals surface area (Å²) in [6.45, 7) is 1.65. The van der Waals surface area contributed by atoms with Crippen LogP contribution in [-0.4, -0.2) is 66.4 Å². The molecule has 1 saturated heterocycles. The van der Waals surface area contributed by atoms with E-state index >= 15 is 0 Å². The van der Waals surface area contributed by atoms with Gasteiger partial charge in [0, 0.05) is 13.2 Å². The standard InChI is InChI=1S/C15H24N2O6/c1-8(22-2)12(16-15(21)23-3)13(18)17-10-6-4-5-9(10)7-11(17)14(19)20/h8-12H,4-7H2,1-3H3,(H,16,21)(H,19,20)/t8-,9?,10?,11?,12+/m1/s1. The third-order valence-electron chi connectivity index (χ3n) is 4.94. The van der Waals surface area contributed by atoms with Gasteiger partial charge in [0.15, 0.2) is 0 Å². The van der Waals surface area contributed by atoms with Gasteiger partial charge in [-0.3, -0.25) is 4.79 Å². The van der Waals surface area contributed by atoms with Crippen LogP contribution in [0.15, 0.2) is 0 Å². The molecule has 0 aromatic carbocycles. The van der Waals surface area contributed by atoms with Crippen LogP contribution in [0.5, 0.6) is 0 Å². The van der Waals surface area contributed by atoms with Gasteiger partial charge in [-0.15, -0.1) is 0 Å². The molecule has 5 atom stereocenters. The summed E-state index contributed by atoms with van der Waals surface area (Å²) in [6, 6.07) is -1.90. The van der Waals surface area contributed by atoms with Gasteiger partial charge in [-0.1, -0.05) is 6.42 Å². The van der Waals surface area contributed by atoms with Gasteiger partial charge < -0.3 is 24.8 Å². The number of likely N-dealkylation sites (tertiary alicyclic amines) is 1. The summed E-state index contributed by atoms with van der Waals surface area (Å²) in [5.41, 5.74) is 0. The number of ether oxygens (including phenoxy) is 2. The zero-order chi connectivity index (χ0) is 17.1. The predicted molar refractivity (Wildman–Crippen MR) is 79.8 cm³/mol. The van der Waals surface area contributed by atoms with Crippen LogP contribution < -0.4 is 5.32 Å². The quantitative estimate of drug-likeness (QED) is 0.766. The molecule has 2 fully saturated rings. The summed E-state index contributed by atoms with van der Waals surface area (Å²) in [6.07, 6.45) is 1.84. The number of carbonyl (C=O) groups is 3. The molecule has 1 heterocycles. The number of carboxylic acids is 1. The van der Waals surface area contributed by atoms with E-state index in [1.807, 2.05) is 0 Å². The van der Waals surface area contributed by atoms with Crippen molar-refractivity contribution in [2.24, 2.45) is 5.92 Å². The summed E-state index contributed by atoms with van der Waals surface area (Å²) in [7, 11) is 2.64. The Balaban J connectivity index is 2.24. The third-order valence-corrected chi connectivity index (χ3v) is 4.94. The SMILES string of the molecule is COC(=O)N[C@H](C(=O)N1C(C(=O)O)CC2CCCC21)[C@@H](C)OC. The summed E-state index contributed by atoms with van der Waals surface area (Å²) < 4.78 is 9.74. The van der Waals surface area contributed by atoms with Gasteiger partial charge in [-0.2, -0.15) is 0 Å². The molecule has 8 nitrogen and oxygen atoms in total. The molecular formula is C15H24N2O6. The fraction of sp³-hybridized carbons (Fsp3) is 0.800. The molecule has 2 aliphatic rings. The molecule has 0 radical (unpaired) electrons. The van der Waals surface area contributed by atoms with Gasteiger partial charge in [0.05, 0.1) is 13.2 Å². The Hall–Kier alpha value is -1.83. The van der Waals surface area contributed by atoms with Gasteiger partial charge in [0.25, 0.3) is 0 Å². The van der Waals surface area contributed by atoms with E-state index in [0.717, 1.165) is 19.3 Å². The van der Waals surface area contributed by atoms with Crippen molar-refractivity contribution in [2.75, 3.05) is 14.2 Å². The molecule has 130 valence electrons. The summed E-state index contributed by atoms with van der Waals surface area (Å²) in [5.74, 6) is -1.21. The Bertz CT molecular complexity index is 483. The number of methoxy groups -OCH3 is 2. The second kappa shape index (κ2) is 7.16. The lowest BCUT2D eigenvalue weighted by atomic mass is 10.0. The number of amides is 2. The minimum atomic E-state index is -1.00. The van der Waals surface area contributed by atoms with Gasteiger partial charge in [0.1, 0.15) is 12.1 Å². The van der Waals surface area contributed by atoms with E-state index in [4.69, 9.17) is 4.74 Å². The van der Waals surface area contributed by atoms with Crippen molar-refractivity contribution in [3.8, 4) is 0 Å². The van der Waals surface area contributed by atoms with E-state index in [2.05, 4.69) is 10.1 Å². The number of nitrogens with one attached hydrogen (secondary N) is 1. The van der Waals surface area contributed by atoms with Crippen molar-refractivity contribution in [3.63, 3.8) is 0 Å². The fourth-order valence-corrected chi connectivity index (χ4v) is 3.69. The Morgan fingerprint density at radius 3 is 2.52 bits per heavy atom. The average molecular weight is 328 g/mol. The third kappa shape index (κ3) is 3.41. The molecule has 1 saturated carbocycles. The number of aliphatic carboxylic acids is 1. The number of carboxylic acid groups (broad SMARTS) is 1. The maximum absolute atomic E-state index is 13.0. The monoisotopic (exact) mass is 328 g/mol. The van der Waals surface area contributed by atoms with Crippen LogP contribution >= 0.6 is 0 Å². The van der Waals surface area contributed by atoms with Crippen molar-refractivity contribution < 1.29 is 29.0 Å². The number of hydrogen-bond acceptors (Lipinski definition) is 5. The molecule has 0 bridgehead atoms. The molecule has 1 aliphatic carbocycles. The molecule has 0 spiro atoms. The van der Waals surface area contributed by atoms with Crippen LogP contribution in [0.4, 0.5) is 4.79 Å². The summed E-state index contributed by atoms with van der Waals surface area (Å²) in [5, 5.41) is 11.9. The van der Waals surface area contributed by atoms with E-state index in [1.54, 1.807) is 6.92 Å². The highest BCUT2D eigenvalue weighted by Gasteiger charge is 2.50. The molecule has 0 aromatic heterocycles. The Labute approximate surface area is 135 Å². The predicted octanol–water partition coefficient (Wildman–Crippen LogP) is 0.600. The highest BCUT2D eigenvalue weighted by molar-refractivity contribution is 5.90. The lowest BCUT2D eigenvalue weighted by molar-refractivity contribution is -0.152. The van der Waals surface area contributed by atoms with Crippen LogP contribution in [-0.2, 0) is 19.1 Å². The second-order valence-corrected chi connectivity index (χ2v) is 6.15. The largest absolute Gasteiger partial charge is 0.480 e. The summed E-state index contributed by atoms with van der Waals surface area (Å²) in [4.78, 5) is 37.5. The number of nitrogens with zero attached hydrogens (tertiary/aromatic N) is 1. The van der Waals surface area contributed by atoms with E-state index < -0.39 is 36.2 Å². The topological polar surface area (TPSA) is 105 Å². The minimum Gasteiger partial charge on any atom is -0.480 e.